The van der Waals surface area contributed by atoms with Crippen molar-refractivity contribution in [2.24, 2.45) is 0 Å². The quantitative estimate of drug-likeness (QED) is 0.427. The first-order valence-electron chi connectivity index (χ1n) is 10.2. The number of benzene rings is 3. The number of aromatic amines is 1. The molecular weight excluding hydrogens is 388 g/mol. The number of aryl methyl sites for hydroxylation is 1. The van der Waals surface area contributed by atoms with Crippen molar-refractivity contribution in [3.05, 3.63) is 83.9 Å². The van der Waals surface area contributed by atoms with E-state index in [1.807, 2.05) is 79.7 Å². The molecule has 0 spiro atoms. The van der Waals surface area contributed by atoms with E-state index >= 15 is 0 Å². The minimum Gasteiger partial charge on any atom is -0.349 e. The first kappa shape index (κ1) is 20.3. The van der Waals surface area contributed by atoms with Crippen molar-refractivity contribution >= 4 is 28.5 Å². The largest absolute Gasteiger partial charge is 0.349 e. The number of rotatable bonds is 6. The van der Waals surface area contributed by atoms with Gasteiger partial charge < -0.3 is 15.6 Å². The van der Waals surface area contributed by atoms with Gasteiger partial charge in [0.25, 0.3) is 0 Å². The highest BCUT2D eigenvalue weighted by atomic mass is 16.2. The molecule has 0 bridgehead atoms. The number of hydrogen-bond acceptors (Lipinski definition) is 3. The molecule has 0 aliphatic carbocycles. The molecule has 0 saturated carbocycles. The smallest absolute Gasteiger partial charge is 0.226 e. The Hall–Kier alpha value is -3.93. The van der Waals surface area contributed by atoms with E-state index in [0.29, 0.717) is 11.5 Å². The van der Waals surface area contributed by atoms with E-state index in [4.69, 9.17) is 0 Å². The Morgan fingerprint density at radius 2 is 1.68 bits per heavy atom. The molecule has 3 aromatic carbocycles. The third-order valence-corrected chi connectivity index (χ3v) is 5.09. The number of nitrogens with zero attached hydrogens (tertiary/aromatic N) is 1. The van der Waals surface area contributed by atoms with Gasteiger partial charge in [0.2, 0.25) is 11.8 Å². The van der Waals surface area contributed by atoms with Crippen LogP contribution in [0.4, 0.5) is 5.69 Å². The summed E-state index contributed by atoms with van der Waals surface area (Å²) in [7, 11) is 0. The SMILES string of the molecule is CC(=O)NC(CC(=O)Nc1ccccc1-c1nc2ccccc2[nH]1)c1ccc(C)cc1. The van der Waals surface area contributed by atoms with Crippen LogP contribution >= 0.6 is 0 Å². The maximum Gasteiger partial charge on any atom is 0.226 e. The van der Waals surface area contributed by atoms with Crippen LogP contribution in [0.25, 0.3) is 22.4 Å². The molecule has 1 unspecified atom stereocenters. The summed E-state index contributed by atoms with van der Waals surface area (Å²) in [4.78, 5) is 32.6. The molecule has 0 aliphatic rings. The highest BCUT2D eigenvalue weighted by molar-refractivity contribution is 5.96. The van der Waals surface area contributed by atoms with Gasteiger partial charge in [-0.2, -0.15) is 0 Å². The summed E-state index contributed by atoms with van der Waals surface area (Å²) < 4.78 is 0. The molecule has 2 amide bonds. The molecule has 1 atom stereocenters. The number of nitrogens with one attached hydrogen (secondary N) is 3. The summed E-state index contributed by atoms with van der Waals surface area (Å²) in [5.41, 5.74) is 5.28. The maximum absolute atomic E-state index is 12.9. The molecule has 4 rings (SSSR count). The number of fused-ring (bicyclic) bond motifs is 1. The lowest BCUT2D eigenvalue weighted by molar-refractivity contribution is -0.120. The van der Waals surface area contributed by atoms with E-state index < -0.39 is 6.04 Å². The lowest BCUT2D eigenvalue weighted by Crippen LogP contribution is -2.29. The van der Waals surface area contributed by atoms with Gasteiger partial charge in [-0.1, -0.05) is 54.1 Å². The molecule has 31 heavy (non-hydrogen) atoms. The van der Waals surface area contributed by atoms with Crippen LogP contribution in [0.2, 0.25) is 0 Å². The van der Waals surface area contributed by atoms with E-state index in [9.17, 15) is 9.59 Å². The minimum absolute atomic E-state index is 0.122. The molecule has 1 aromatic heterocycles. The predicted octanol–water partition coefficient (Wildman–Crippen LogP) is 4.74. The zero-order valence-corrected chi connectivity index (χ0v) is 17.5. The lowest BCUT2D eigenvalue weighted by Gasteiger charge is -2.19. The Morgan fingerprint density at radius 3 is 2.42 bits per heavy atom. The van der Waals surface area contributed by atoms with E-state index in [-0.39, 0.29) is 18.2 Å². The summed E-state index contributed by atoms with van der Waals surface area (Å²) in [6.45, 7) is 3.45. The second-order valence-corrected chi connectivity index (χ2v) is 7.56. The van der Waals surface area contributed by atoms with Crippen molar-refractivity contribution in [2.45, 2.75) is 26.3 Å². The van der Waals surface area contributed by atoms with Crippen LogP contribution < -0.4 is 10.6 Å². The summed E-state index contributed by atoms with van der Waals surface area (Å²) >= 11 is 0. The monoisotopic (exact) mass is 412 g/mol. The Kier molecular flexibility index (Phi) is 5.80. The van der Waals surface area contributed by atoms with Crippen molar-refractivity contribution in [3.8, 4) is 11.4 Å². The average molecular weight is 412 g/mol. The average Bonchev–Trinajstić information content (AvgIpc) is 3.18. The van der Waals surface area contributed by atoms with Crippen LogP contribution in [-0.4, -0.2) is 21.8 Å². The molecule has 4 aromatic rings. The van der Waals surface area contributed by atoms with Crippen molar-refractivity contribution in [2.75, 3.05) is 5.32 Å². The fourth-order valence-corrected chi connectivity index (χ4v) is 3.56. The Labute approximate surface area is 180 Å². The van der Waals surface area contributed by atoms with Gasteiger partial charge >= 0.3 is 0 Å². The fourth-order valence-electron chi connectivity index (χ4n) is 3.56. The van der Waals surface area contributed by atoms with Crippen molar-refractivity contribution < 1.29 is 9.59 Å². The van der Waals surface area contributed by atoms with Gasteiger partial charge in [-0.15, -0.1) is 0 Å². The number of aromatic nitrogens is 2. The Balaban J connectivity index is 1.56. The number of carbonyl (C=O) groups excluding carboxylic acids is 2. The standard InChI is InChI=1S/C25H24N4O2/c1-16-11-13-18(14-12-16)23(26-17(2)30)15-24(31)27-20-8-4-3-7-19(20)25-28-21-9-5-6-10-22(21)29-25/h3-14,23H,15H2,1-2H3,(H,26,30)(H,27,31)(H,28,29). The number of para-hydroxylation sites is 3. The molecule has 0 aliphatic heterocycles. The van der Waals surface area contributed by atoms with Crippen LogP contribution in [0.15, 0.2) is 72.8 Å². The van der Waals surface area contributed by atoms with E-state index in [2.05, 4.69) is 20.6 Å². The van der Waals surface area contributed by atoms with E-state index in [0.717, 1.165) is 27.7 Å². The molecule has 156 valence electrons. The second kappa shape index (κ2) is 8.83. The molecule has 0 saturated heterocycles. The highest BCUT2D eigenvalue weighted by Gasteiger charge is 2.19. The molecule has 6 heteroatoms. The third kappa shape index (κ3) is 4.80. The van der Waals surface area contributed by atoms with Gasteiger partial charge in [0.1, 0.15) is 5.82 Å². The van der Waals surface area contributed by atoms with Crippen molar-refractivity contribution in [1.29, 1.82) is 0 Å². The molecule has 0 fully saturated rings. The van der Waals surface area contributed by atoms with Crippen LogP contribution in [0.5, 0.6) is 0 Å². The first-order valence-corrected chi connectivity index (χ1v) is 10.2. The number of hydrogen-bond donors (Lipinski definition) is 3. The van der Waals surface area contributed by atoms with E-state index in [1.165, 1.54) is 6.92 Å². The Bertz CT molecular complexity index is 1190. The zero-order chi connectivity index (χ0) is 21.8. The summed E-state index contributed by atoms with van der Waals surface area (Å²) in [6, 6.07) is 22.7. The summed E-state index contributed by atoms with van der Waals surface area (Å²) in [6.07, 6.45) is 0.122. The maximum atomic E-state index is 12.9. The van der Waals surface area contributed by atoms with Crippen LogP contribution in [-0.2, 0) is 9.59 Å². The number of anilines is 1. The van der Waals surface area contributed by atoms with E-state index in [1.54, 1.807) is 0 Å². The van der Waals surface area contributed by atoms with Crippen LogP contribution in [0.3, 0.4) is 0 Å². The van der Waals surface area contributed by atoms with Gasteiger partial charge in [-0.25, -0.2) is 4.98 Å². The molecule has 6 nitrogen and oxygen atoms in total. The number of carbonyl (C=O) groups is 2. The normalized spacial score (nSPS) is 11.8. The molecule has 1 heterocycles. The van der Waals surface area contributed by atoms with Gasteiger partial charge in [0, 0.05) is 12.5 Å². The number of imidazole rings is 1. The summed E-state index contributed by atoms with van der Waals surface area (Å²) in [5, 5.41) is 5.87. The van der Waals surface area contributed by atoms with Crippen molar-refractivity contribution in [3.63, 3.8) is 0 Å². The minimum atomic E-state index is -0.406. The lowest BCUT2D eigenvalue weighted by atomic mass is 10.0. The Morgan fingerprint density at radius 1 is 0.968 bits per heavy atom. The molecular formula is C25H24N4O2. The van der Waals surface area contributed by atoms with Gasteiger partial charge in [0.05, 0.1) is 29.2 Å². The molecule has 0 radical (unpaired) electrons. The number of amides is 2. The van der Waals surface area contributed by atoms with Crippen LogP contribution in [0.1, 0.15) is 30.5 Å². The van der Waals surface area contributed by atoms with Gasteiger partial charge in [-0.05, 0) is 36.8 Å². The second-order valence-electron chi connectivity index (χ2n) is 7.56. The summed E-state index contributed by atoms with van der Waals surface area (Å²) in [5.74, 6) is 0.318. The van der Waals surface area contributed by atoms with Gasteiger partial charge in [0.15, 0.2) is 0 Å². The predicted molar refractivity (Wildman–Crippen MR) is 123 cm³/mol. The topological polar surface area (TPSA) is 86.9 Å². The third-order valence-electron chi connectivity index (χ3n) is 5.09. The van der Waals surface area contributed by atoms with Gasteiger partial charge in [-0.3, -0.25) is 9.59 Å². The van der Waals surface area contributed by atoms with Crippen molar-refractivity contribution in [1.82, 2.24) is 15.3 Å². The molecule has 3 N–H and O–H groups in total. The van der Waals surface area contributed by atoms with Crippen LogP contribution in [0, 0.1) is 6.92 Å². The first-order chi connectivity index (χ1) is 15.0. The zero-order valence-electron chi connectivity index (χ0n) is 17.5. The highest BCUT2D eigenvalue weighted by Crippen LogP contribution is 2.28. The fraction of sp³-hybridized carbons (Fsp3) is 0.160. The number of H-pyrrole nitrogens is 1.